The number of hydrogen-bond donors (Lipinski definition) is 0. The quantitative estimate of drug-likeness (QED) is 0.325. The number of carbonyl (C=O) groups is 1. The average Bonchev–Trinajstić information content (AvgIpc) is 3.22. The Labute approximate surface area is 176 Å². The van der Waals surface area contributed by atoms with Crippen LogP contribution >= 0.6 is 11.8 Å². The Morgan fingerprint density at radius 1 is 1.10 bits per heavy atom. The van der Waals surface area contributed by atoms with Crippen molar-refractivity contribution in [3.05, 3.63) is 84.4 Å². The highest BCUT2D eigenvalue weighted by Crippen LogP contribution is 2.29. The number of hydrogen-bond acceptors (Lipinski definition) is 6. The lowest BCUT2D eigenvalue weighted by molar-refractivity contribution is 0.102. The number of para-hydroxylation sites is 1. The molecule has 0 N–H and O–H groups in total. The zero-order chi connectivity index (χ0) is 20.9. The molecule has 0 fully saturated rings. The average molecular weight is 420 g/mol. The van der Waals surface area contributed by atoms with Crippen molar-refractivity contribution in [3.8, 4) is 22.8 Å². The molecule has 30 heavy (non-hydrogen) atoms. The number of benzene rings is 2. The number of methoxy groups -OCH3 is 1. The smallest absolute Gasteiger partial charge is 0.196 e. The van der Waals surface area contributed by atoms with Crippen LogP contribution in [0.15, 0.2) is 78.2 Å². The van der Waals surface area contributed by atoms with E-state index in [1.165, 1.54) is 17.8 Å². The minimum Gasteiger partial charge on any atom is -0.497 e. The van der Waals surface area contributed by atoms with Gasteiger partial charge in [-0.3, -0.25) is 14.3 Å². The summed E-state index contributed by atoms with van der Waals surface area (Å²) in [6.45, 7) is 0. The highest BCUT2D eigenvalue weighted by molar-refractivity contribution is 7.99. The molecule has 2 aromatic carbocycles. The van der Waals surface area contributed by atoms with E-state index in [0.29, 0.717) is 33.5 Å². The lowest BCUT2D eigenvalue weighted by atomic mass is 10.1. The molecule has 2 aromatic heterocycles. The summed E-state index contributed by atoms with van der Waals surface area (Å²) in [6, 6.07) is 16.9. The molecule has 0 aliphatic heterocycles. The van der Waals surface area contributed by atoms with Crippen LogP contribution in [0.2, 0.25) is 0 Å². The maximum atomic E-state index is 14.6. The van der Waals surface area contributed by atoms with E-state index in [9.17, 15) is 9.18 Å². The topological polar surface area (TPSA) is 69.9 Å². The van der Waals surface area contributed by atoms with E-state index < -0.39 is 5.82 Å². The molecule has 0 saturated heterocycles. The minimum absolute atomic E-state index is 0.0927. The standard InChI is InChI=1S/C22H17FN4O2S/c1-29-17-8-4-6-15(12-17)20(28)14-30-22-26-25-21(16-7-5-11-24-13-16)27(22)19-10-3-2-9-18(19)23/h2-13H,14H2,1H3. The second-order valence-electron chi connectivity index (χ2n) is 6.28. The van der Waals surface area contributed by atoms with Gasteiger partial charge < -0.3 is 4.74 Å². The second kappa shape index (κ2) is 8.87. The van der Waals surface area contributed by atoms with Crippen molar-refractivity contribution in [2.24, 2.45) is 0 Å². The molecule has 0 unspecified atom stereocenters. The molecule has 0 bridgehead atoms. The van der Waals surface area contributed by atoms with Crippen LogP contribution in [0.5, 0.6) is 5.75 Å². The van der Waals surface area contributed by atoms with Gasteiger partial charge in [0.25, 0.3) is 0 Å². The molecular weight excluding hydrogens is 403 g/mol. The summed E-state index contributed by atoms with van der Waals surface area (Å²) in [5.41, 5.74) is 1.53. The van der Waals surface area contributed by atoms with Crippen molar-refractivity contribution in [1.82, 2.24) is 19.7 Å². The van der Waals surface area contributed by atoms with Crippen LogP contribution in [0.1, 0.15) is 10.4 Å². The summed E-state index contributed by atoms with van der Waals surface area (Å²) in [4.78, 5) is 16.8. The number of aromatic nitrogens is 4. The number of Topliss-reactive ketones (excluding diaryl/α,β-unsaturated/α-hetero) is 1. The first kappa shape index (κ1) is 19.8. The Kier molecular flexibility index (Phi) is 5.85. The number of carbonyl (C=O) groups excluding carboxylic acids is 1. The van der Waals surface area contributed by atoms with Gasteiger partial charge in [0, 0.05) is 23.5 Å². The maximum absolute atomic E-state index is 14.6. The molecule has 0 aliphatic rings. The molecule has 4 aromatic rings. The third-order valence-electron chi connectivity index (χ3n) is 4.37. The summed E-state index contributed by atoms with van der Waals surface area (Å²) in [6.07, 6.45) is 3.28. The molecule has 0 saturated carbocycles. The molecule has 2 heterocycles. The van der Waals surface area contributed by atoms with E-state index in [0.717, 1.165) is 0 Å². The number of ketones is 1. The van der Waals surface area contributed by atoms with Gasteiger partial charge in [0.1, 0.15) is 11.6 Å². The predicted molar refractivity (Wildman–Crippen MR) is 113 cm³/mol. The van der Waals surface area contributed by atoms with Crippen molar-refractivity contribution >= 4 is 17.5 Å². The lowest BCUT2D eigenvalue weighted by Gasteiger charge is -2.11. The van der Waals surface area contributed by atoms with Crippen molar-refractivity contribution < 1.29 is 13.9 Å². The Bertz CT molecular complexity index is 1180. The molecule has 0 aliphatic carbocycles. The van der Waals surface area contributed by atoms with Gasteiger partial charge in [0.2, 0.25) is 0 Å². The number of ether oxygens (including phenoxy) is 1. The predicted octanol–water partition coefficient (Wildman–Crippen LogP) is 4.45. The van der Waals surface area contributed by atoms with E-state index in [2.05, 4.69) is 15.2 Å². The Morgan fingerprint density at radius 3 is 2.73 bits per heavy atom. The zero-order valence-corrected chi connectivity index (χ0v) is 16.8. The highest BCUT2D eigenvalue weighted by atomic mass is 32.2. The van der Waals surface area contributed by atoms with Crippen LogP contribution < -0.4 is 4.74 Å². The molecular formula is C22H17FN4O2S. The van der Waals surface area contributed by atoms with E-state index in [4.69, 9.17) is 4.74 Å². The highest BCUT2D eigenvalue weighted by Gasteiger charge is 2.20. The number of rotatable bonds is 7. The fraction of sp³-hybridized carbons (Fsp3) is 0.0909. The number of halogens is 1. The maximum Gasteiger partial charge on any atom is 0.196 e. The molecule has 0 atom stereocenters. The van der Waals surface area contributed by atoms with Gasteiger partial charge in [-0.1, -0.05) is 36.0 Å². The lowest BCUT2D eigenvalue weighted by Crippen LogP contribution is -2.06. The molecule has 0 amide bonds. The summed E-state index contributed by atoms with van der Waals surface area (Å²) >= 11 is 1.19. The summed E-state index contributed by atoms with van der Waals surface area (Å²) in [5, 5.41) is 8.86. The fourth-order valence-corrected chi connectivity index (χ4v) is 3.74. The fourth-order valence-electron chi connectivity index (χ4n) is 2.91. The molecule has 150 valence electrons. The molecule has 0 radical (unpaired) electrons. The Balaban J connectivity index is 1.67. The molecule has 8 heteroatoms. The SMILES string of the molecule is COc1cccc(C(=O)CSc2nnc(-c3cccnc3)n2-c2ccccc2F)c1. The zero-order valence-electron chi connectivity index (χ0n) is 16.0. The van der Waals surface area contributed by atoms with Crippen molar-refractivity contribution in [3.63, 3.8) is 0 Å². The van der Waals surface area contributed by atoms with Crippen LogP contribution in [0.25, 0.3) is 17.1 Å². The third kappa shape index (κ3) is 4.08. The van der Waals surface area contributed by atoms with Crippen LogP contribution in [-0.2, 0) is 0 Å². The van der Waals surface area contributed by atoms with E-state index >= 15 is 0 Å². The van der Waals surface area contributed by atoms with Crippen molar-refractivity contribution in [1.29, 1.82) is 0 Å². The normalized spacial score (nSPS) is 10.7. The summed E-state index contributed by atoms with van der Waals surface area (Å²) in [5.74, 6) is 0.671. The van der Waals surface area contributed by atoms with E-state index in [-0.39, 0.29) is 11.5 Å². The van der Waals surface area contributed by atoms with Crippen molar-refractivity contribution in [2.75, 3.05) is 12.9 Å². The first-order valence-electron chi connectivity index (χ1n) is 9.08. The summed E-state index contributed by atoms with van der Waals surface area (Å²) < 4.78 is 21.4. The van der Waals surface area contributed by atoms with Gasteiger partial charge in [-0.25, -0.2) is 4.39 Å². The number of nitrogens with zero attached hydrogens (tertiary/aromatic N) is 4. The van der Waals surface area contributed by atoms with Gasteiger partial charge in [0.05, 0.1) is 18.6 Å². The van der Waals surface area contributed by atoms with Crippen LogP contribution in [0, 0.1) is 5.82 Å². The second-order valence-corrected chi connectivity index (χ2v) is 7.22. The van der Waals surface area contributed by atoms with Crippen LogP contribution in [-0.4, -0.2) is 38.4 Å². The largest absolute Gasteiger partial charge is 0.497 e. The first-order valence-corrected chi connectivity index (χ1v) is 10.1. The number of pyridine rings is 1. The van der Waals surface area contributed by atoms with Gasteiger partial charge in [-0.2, -0.15) is 0 Å². The van der Waals surface area contributed by atoms with Crippen LogP contribution in [0.3, 0.4) is 0 Å². The van der Waals surface area contributed by atoms with Gasteiger partial charge in [-0.05, 0) is 36.4 Å². The van der Waals surface area contributed by atoms with Gasteiger partial charge >= 0.3 is 0 Å². The minimum atomic E-state index is -0.414. The molecule has 0 spiro atoms. The monoisotopic (exact) mass is 420 g/mol. The van der Waals surface area contributed by atoms with Crippen molar-refractivity contribution in [2.45, 2.75) is 5.16 Å². The Morgan fingerprint density at radius 2 is 1.97 bits per heavy atom. The first-order chi connectivity index (χ1) is 14.7. The molecule has 4 rings (SSSR count). The Hall–Kier alpha value is -3.52. The van der Waals surface area contributed by atoms with E-state index in [1.807, 2.05) is 6.07 Å². The summed E-state index contributed by atoms with van der Waals surface area (Å²) in [7, 11) is 1.55. The van der Waals surface area contributed by atoms with Crippen LogP contribution in [0.4, 0.5) is 4.39 Å². The van der Waals surface area contributed by atoms with Gasteiger partial charge in [0.15, 0.2) is 16.8 Å². The van der Waals surface area contributed by atoms with E-state index in [1.54, 1.807) is 72.6 Å². The number of thioether (sulfide) groups is 1. The van der Waals surface area contributed by atoms with Gasteiger partial charge in [-0.15, -0.1) is 10.2 Å². The molecule has 6 nitrogen and oxygen atoms in total. The third-order valence-corrected chi connectivity index (χ3v) is 5.30.